The van der Waals surface area contributed by atoms with E-state index in [0.29, 0.717) is 30.0 Å². The molecule has 3 aromatic rings. The fourth-order valence-electron chi connectivity index (χ4n) is 4.08. The number of anilines is 1. The molecule has 0 radical (unpaired) electrons. The molecule has 1 aliphatic rings. The summed E-state index contributed by atoms with van der Waals surface area (Å²) in [5, 5.41) is 6.80. The molecule has 0 unspecified atom stereocenters. The van der Waals surface area contributed by atoms with Gasteiger partial charge in [-0.25, -0.2) is 8.42 Å². The summed E-state index contributed by atoms with van der Waals surface area (Å²) in [7, 11) is -2.26. The molecule has 1 aromatic heterocycles. The number of sulfonamides is 1. The number of aryl methyl sites for hydroxylation is 2. The molecule has 2 aromatic carbocycles. The zero-order valence-corrected chi connectivity index (χ0v) is 20.8. The average Bonchev–Trinajstić information content (AvgIpc) is 3.25. The lowest BCUT2D eigenvalue weighted by molar-refractivity contribution is -0.120. The smallest absolute Gasteiger partial charge is 0.248 e. The van der Waals surface area contributed by atoms with E-state index in [0.717, 1.165) is 11.1 Å². The van der Waals surface area contributed by atoms with Crippen LogP contribution in [0.15, 0.2) is 57.9 Å². The minimum atomic E-state index is -3.83. The topological polar surface area (TPSA) is 102 Å². The van der Waals surface area contributed by atoms with Crippen molar-refractivity contribution >= 4 is 33.8 Å². The van der Waals surface area contributed by atoms with E-state index in [-0.39, 0.29) is 35.6 Å². The Kier molecular flexibility index (Phi) is 7.37. The van der Waals surface area contributed by atoms with Crippen LogP contribution in [0.3, 0.4) is 0 Å². The molecule has 1 amide bonds. The summed E-state index contributed by atoms with van der Waals surface area (Å²) in [6.45, 7) is 4.10. The van der Waals surface area contributed by atoms with Crippen LogP contribution in [-0.2, 0) is 14.8 Å². The monoisotopic (exact) mass is 495 g/mol. The van der Waals surface area contributed by atoms with E-state index in [4.69, 9.17) is 9.26 Å². The Morgan fingerprint density at radius 3 is 2.51 bits per heavy atom. The Morgan fingerprint density at radius 1 is 1.11 bits per heavy atom. The first-order valence-corrected chi connectivity index (χ1v) is 12.9. The van der Waals surface area contributed by atoms with Gasteiger partial charge in [-0.2, -0.15) is 4.31 Å². The van der Waals surface area contributed by atoms with E-state index in [1.54, 1.807) is 50.5 Å². The molecule has 9 heteroatoms. The van der Waals surface area contributed by atoms with Crippen molar-refractivity contribution in [1.29, 1.82) is 0 Å². The summed E-state index contributed by atoms with van der Waals surface area (Å²) >= 11 is 0. The molecule has 2 heterocycles. The van der Waals surface area contributed by atoms with Gasteiger partial charge in [-0.15, -0.1) is 0 Å². The summed E-state index contributed by atoms with van der Waals surface area (Å²) in [4.78, 5) is 12.8. The minimum absolute atomic E-state index is 0.0696. The summed E-state index contributed by atoms with van der Waals surface area (Å²) in [6, 6.07) is 15.0. The number of hydrogen-bond acceptors (Lipinski definition) is 6. The van der Waals surface area contributed by atoms with Gasteiger partial charge in [0, 0.05) is 30.8 Å². The molecule has 0 spiro atoms. The average molecular weight is 496 g/mol. The van der Waals surface area contributed by atoms with Crippen molar-refractivity contribution < 1.29 is 22.5 Å². The number of aromatic nitrogens is 1. The fourth-order valence-corrected chi connectivity index (χ4v) is 5.80. The number of nitrogens with zero attached hydrogens (tertiary/aromatic N) is 2. The van der Waals surface area contributed by atoms with Crippen molar-refractivity contribution in [2.75, 3.05) is 25.5 Å². The molecule has 0 bridgehead atoms. The first-order valence-electron chi connectivity index (χ1n) is 11.4. The molecular weight excluding hydrogens is 466 g/mol. The zero-order chi connectivity index (χ0) is 25.0. The molecule has 1 fully saturated rings. The van der Waals surface area contributed by atoms with Crippen molar-refractivity contribution in [1.82, 2.24) is 9.46 Å². The number of benzene rings is 2. The highest BCUT2D eigenvalue weighted by atomic mass is 32.2. The maximum atomic E-state index is 13.5. The normalized spacial score (nSPS) is 15.4. The van der Waals surface area contributed by atoms with E-state index >= 15 is 0 Å². The van der Waals surface area contributed by atoms with Crippen LogP contribution in [0.1, 0.15) is 35.4 Å². The van der Waals surface area contributed by atoms with Gasteiger partial charge < -0.3 is 14.6 Å². The Bertz CT molecular complexity index is 1320. The molecule has 35 heavy (non-hydrogen) atoms. The minimum Gasteiger partial charge on any atom is -0.497 e. The number of methoxy groups -OCH3 is 1. The molecule has 0 atom stereocenters. The number of ether oxygens (including phenoxy) is 1. The van der Waals surface area contributed by atoms with Crippen LogP contribution < -0.4 is 10.1 Å². The predicted octanol–water partition coefficient (Wildman–Crippen LogP) is 4.51. The van der Waals surface area contributed by atoms with E-state index < -0.39 is 10.0 Å². The largest absolute Gasteiger partial charge is 0.497 e. The van der Waals surface area contributed by atoms with Gasteiger partial charge in [0.15, 0.2) is 10.7 Å². The van der Waals surface area contributed by atoms with Crippen molar-refractivity contribution in [3.63, 3.8) is 0 Å². The molecule has 1 saturated heterocycles. The highest BCUT2D eigenvalue weighted by molar-refractivity contribution is 7.89. The number of hydrogen-bond donors (Lipinski definition) is 1. The van der Waals surface area contributed by atoms with Gasteiger partial charge in [0.2, 0.25) is 15.9 Å². The molecule has 1 N–H and O–H groups in total. The summed E-state index contributed by atoms with van der Waals surface area (Å²) in [6.07, 6.45) is 4.28. The summed E-state index contributed by atoms with van der Waals surface area (Å²) in [5.41, 5.74) is 3.03. The van der Waals surface area contributed by atoms with Crippen LogP contribution in [0.4, 0.5) is 5.69 Å². The Morgan fingerprint density at radius 2 is 1.83 bits per heavy atom. The number of carbonyl (C=O) groups excluding carboxylic acids is 1. The lowest BCUT2D eigenvalue weighted by Crippen LogP contribution is -2.41. The van der Waals surface area contributed by atoms with Gasteiger partial charge in [0.1, 0.15) is 11.4 Å². The van der Waals surface area contributed by atoms with E-state index in [1.165, 1.54) is 4.31 Å². The van der Waals surface area contributed by atoms with Gasteiger partial charge >= 0.3 is 0 Å². The first kappa shape index (κ1) is 24.7. The van der Waals surface area contributed by atoms with Gasteiger partial charge in [0.05, 0.1) is 7.11 Å². The fraction of sp³-hybridized carbons (Fsp3) is 0.308. The highest BCUT2D eigenvalue weighted by Gasteiger charge is 2.36. The predicted molar refractivity (Wildman–Crippen MR) is 134 cm³/mol. The third kappa shape index (κ3) is 5.63. The molecular formula is C26H29N3O5S. The van der Waals surface area contributed by atoms with Gasteiger partial charge in [-0.05, 0) is 50.5 Å². The summed E-state index contributed by atoms with van der Waals surface area (Å²) in [5.74, 6) is 0.441. The van der Waals surface area contributed by atoms with Crippen LogP contribution in [0, 0.1) is 19.8 Å². The number of carbonyl (C=O) groups is 1. The lowest BCUT2D eigenvalue weighted by Gasteiger charge is -2.30. The first-order chi connectivity index (χ1) is 16.8. The Hall–Kier alpha value is -3.43. The molecule has 0 aliphatic carbocycles. The van der Waals surface area contributed by atoms with Crippen molar-refractivity contribution in [2.24, 2.45) is 5.92 Å². The van der Waals surface area contributed by atoms with Crippen LogP contribution in [0.5, 0.6) is 5.75 Å². The summed E-state index contributed by atoms with van der Waals surface area (Å²) < 4.78 is 38.9. The van der Waals surface area contributed by atoms with E-state index in [2.05, 4.69) is 10.5 Å². The number of piperidine rings is 1. The Balaban J connectivity index is 1.44. The molecule has 1 aliphatic heterocycles. The van der Waals surface area contributed by atoms with Gasteiger partial charge in [-0.3, -0.25) is 4.79 Å². The van der Waals surface area contributed by atoms with E-state index in [9.17, 15) is 13.2 Å². The van der Waals surface area contributed by atoms with Crippen molar-refractivity contribution in [2.45, 2.75) is 31.6 Å². The number of rotatable bonds is 7. The third-order valence-electron chi connectivity index (χ3n) is 6.10. The Labute approximate surface area is 205 Å². The second-order valence-electron chi connectivity index (χ2n) is 8.60. The van der Waals surface area contributed by atoms with Crippen LogP contribution in [0.2, 0.25) is 0 Å². The maximum Gasteiger partial charge on any atom is 0.248 e. The van der Waals surface area contributed by atoms with Crippen molar-refractivity contribution in [3.8, 4) is 5.75 Å². The highest BCUT2D eigenvalue weighted by Crippen LogP contribution is 2.30. The van der Waals surface area contributed by atoms with Crippen LogP contribution in [0.25, 0.3) is 12.2 Å². The van der Waals surface area contributed by atoms with E-state index in [1.807, 2.05) is 31.2 Å². The molecule has 4 rings (SSSR count). The second kappa shape index (κ2) is 10.5. The second-order valence-corrected chi connectivity index (χ2v) is 10.5. The van der Waals surface area contributed by atoms with Crippen LogP contribution >= 0.6 is 0 Å². The van der Waals surface area contributed by atoms with Gasteiger partial charge in [-0.1, -0.05) is 47.1 Å². The number of nitrogens with one attached hydrogen (secondary N) is 1. The lowest BCUT2D eigenvalue weighted by atomic mass is 9.97. The molecule has 184 valence electrons. The van der Waals surface area contributed by atoms with Crippen molar-refractivity contribution in [3.05, 3.63) is 71.1 Å². The zero-order valence-electron chi connectivity index (χ0n) is 20.0. The quantitative estimate of drug-likeness (QED) is 0.518. The molecule has 8 nitrogen and oxygen atoms in total. The number of amides is 1. The van der Waals surface area contributed by atoms with Gasteiger partial charge in [0.25, 0.3) is 0 Å². The SMILES string of the molecule is COc1cccc(NC(=O)C2CCN(S(=O)(=O)c3c(C)noc3/C=C/c3ccc(C)cc3)CC2)c1. The molecule has 0 saturated carbocycles. The third-order valence-corrected chi connectivity index (χ3v) is 8.16. The maximum absolute atomic E-state index is 13.5. The standard InChI is InChI=1S/C26H29N3O5S/c1-18-7-9-20(10-8-18)11-12-24-25(19(2)28-34-24)35(31,32)29-15-13-21(14-16-29)26(30)27-22-5-4-6-23(17-22)33-3/h4-12,17,21H,13-16H2,1-3H3,(H,27,30)/b12-11+. The van der Waals surface area contributed by atoms with Crippen LogP contribution in [-0.4, -0.2) is 44.0 Å².